The van der Waals surface area contributed by atoms with Crippen molar-refractivity contribution < 1.29 is 22.7 Å². The largest absolute Gasteiger partial charge is 0.429 e. The Bertz CT molecular complexity index is 150. The Balaban J connectivity index is 3.94. The Morgan fingerprint density at radius 1 is 1.55 bits per heavy atom. The van der Waals surface area contributed by atoms with Gasteiger partial charge in [-0.1, -0.05) is 23.2 Å². The summed E-state index contributed by atoms with van der Waals surface area (Å²) in [6.07, 6.45) is -4.14. The molecule has 0 atom stereocenters. The van der Waals surface area contributed by atoms with Crippen LogP contribution < -0.4 is 0 Å². The van der Waals surface area contributed by atoms with Gasteiger partial charge in [0.05, 0.1) is 0 Å². The van der Waals surface area contributed by atoms with Gasteiger partial charge in [0.15, 0.2) is 6.67 Å². The van der Waals surface area contributed by atoms with Gasteiger partial charge in [0.1, 0.15) is 0 Å². The van der Waals surface area contributed by atoms with E-state index >= 15 is 0 Å². The number of carbonyl (C=O) groups is 1. The molecule has 0 rings (SSSR count). The molecular formula is C4H3Cl2F3O2. The summed E-state index contributed by atoms with van der Waals surface area (Å²) in [6, 6.07) is 0. The van der Waals surface area contributed by atoms with Gasteiger partial charge in [-0.3, -0.25) is 0 Å². The topological polar surface area (TPSA) is 26.3 Å². The molecule has 0 N–H and O–H groups in total. The fraction of sp³-hybridized carbons (Fsp3) is 0.750. The first kappa shape index (κ1) is 10.8. The third-order valence-corrected chi connectivity index (χ3v) is 0.940. The van der Waals surface area contributed by atoms with E-state index in [0.29, 0.717) is 0 Å². The van der Waals surface area contributed by atoms with Gasteiger partial charge in [0.2, 0.25) is 4.84 Å². The highest BCUT2D eigenvalue weighted by molar-refractivity contribution is 6.52. The van der Waals surface area contributed by atoms with Gasteiger partial charge < -0.3 is 4.74 Å². The third kappa shape index (κ3) is 4.31. The first-order valence-electron chi connectivity index (χ1n) is 2.34. The molecule has 11 heavy (non-hydrogen) atoms. The van der Waals surface area contributed by atoms with Crippen LogP contribution in [0.15, 0.2) is 0 Å². The van der Waals surface area contributed by atoms with E-state index in [4.69, 9.17) is 23.2 Å². The molecule has 0 aliphatic rings. The third-order valence-electron chi connectivity index (χ3n) is 0.584. The lowest BCUT2D eigenvalue weighted by molar-refractivity contribution is -0.237. The van der Waals surface area contributed by atoms with Crippen LogP contribution in [0.25, 0.3) is 0 Å². The van der Waals surface area contributed by atoms with Crippen molar-refractivity contribution in [2.75, 3.05) is 6.67 Å². The van der Waals surface area contributed by atoms with Crippen LogP contribution >= 0.6 is 23.2 Å². The zero-order valence-corrected chi connectivity index (χ0v) is 6.50. The van der Waals surface area contributed by atoms with Crippen molar-refractivity contribution in [2.45, 2.75) is 10.9 Å². The highest BCUT2D eigenvalue weighted by atomic mass is 35.5. The highest BCUT2D eigenvalue weighted by Gasteiger charge is 2.35. The van der Waals surface area contributed by atoms with Crippen LogP contribution in [0.1, 0.15) is 0 Å². The van der Waals surface area contributed by atoms with Crippen LogP contribution in [0.4, 0.5) is 13.2 Å². The molecule has 0 unspecified atom stereocenters. The molecular weight excluding hydrogens is 208 g/mol. The average Bonchev–Trinajstić information content (AvgIpc) is 1.87. The number of hydrogen-bond acceptors (Lipinski definition) is 2. The molecule has 0 aromatic rings. The second-order valence-electron chi connectivity index (χ2n) is 1.49. The fourth-order valence-corrected chi connectivity index (χ4v) is 0.308. The van der Waals surface area contributed by atoms with Gasteiger partial charge in [-0.25, -0.2) is 9.18 Å². The molecule has 0 aliphatic heterocycles. The lowest BCUT2D eigenvalue weighted by Crippen LogP contribution is -2.29. The van der Waals surface area contributed by atoms with Gasteiger partial charge in [0, 0.05) is 0 Å². The van der Waals surface area contributed by atoms with E-state index in [2.05, 4.69) is 4.74 Å². The normalized spacial score (nSPS) is 11.8. The smallest absolute Gasteiger partial charge is 0.397 e. The molecule has 0 amide bonds. The van der Waals surface area contributed by atoms with Crippen LogP contribution in [-0.2, 0) is 9.53 Å². The predicted molar refractivity (Wildman–Crippen MR) is 32.5 cm³/mol. The standard InChI is InChI=1S/C4H3Cl2F3O2/c5-2(6)3(10)11-4(8,9)1-7/h2H,1H2. The van der Waals surface area contributed by atoms with Gasteiger partial charge >= 0.3 is 12.1 Å². The Labute approximate surface area is 70.2 Å². The van der Waals surface area contributed by atoms with Crippen molar-refractivity contribution in [2.24, 2.45) is 0 Å². The lowest BCUT2D eigenvalue weighted by Gasteiger charge is -2.12. The zero-order valence-electron chi connectivity index (χ0n) is 4.99. The van der Waals surface area contributed by atoms with E-state index < -0.39 is 23.6 Å². The van der Waals surface area contributed by atoms with E-state index in [9.17, 15) is 18.0 Å². The van der Waals surface area contributed by atoms with Crippen LogP contribution in [-0.4, -0.2) is 23.6 Å². The Kier molecular flexibility index (Phi) is 3.96. The summed E-state index contributed by atoms with van der Waals surface area (Å²) in [5.74, 6) is -1.57. The minimum Gasteiger partial charge on any atom is -0.397 e. The Morgan fingerprint density at radius 2 is 2.00 bits per heavy atom. The Morgan fingerprint density at radius 3 is 2.27 bits per heavy atom. The van der Waals surface area contributed by atoms with E-state index in [1.54, 1.807) is 0 Å². The second-order valence-corrected chi connectivity index (χ2v) is 2.59. The molecule has 0 radical (unpaired) electrons. The molecule has 0 aromatic carbocycles. The number of carbonyl (C=O) groups excluding carboxylic acids is 1. The molecule has 0 aromatic heterocycles. The number of esters is 1. The van der Waals surface area contributed by atoms with Crippen molar-refractivity contribution in [1.29, 1.82) is 0 Å². The number of halogens is 5. The zero-order chi connectivity index (χ0) is 9.07. The summed E-state index contributed by atoms with van der Waals surface area (Å²) < 4.78 is 38.2. The molecule has 0 fully saturated rings. The van der Waals surface area contributed by atoms with Crippen LogP contribution in [0.5, 0.6) is 0 Å². The maximum atomic E-state index is 11.8. The minimum atomic E-state index is -4.14. The number of rotatable bonds is 3. The van der Waals surface area contributed by atoms with Crippen molar-refractivity contribution in [3.05, 3.63) is 0 Å². The van der Waals surface area contributed by atoms with Gasteiger partial charge in [-0.15, -0.1) is 0 Å². The summed E-state index contributed by atoms with van der Waals surface area (Å²) >= 11 is 9.65. The fourth-order valence-electron chi connectivity index (χ4n) is 0.219. The van der Waals surface area contributed by atoms with E-state index in [-0.39, 0.29) is 0 Å². The number of ether oxygens (including phenoxy) is 1. The molecule has 0 aliphatic carbocycles. The maximum absolute atomic E-state index is 11.8. The summed E-state index contributed by atoms with van der Waals surface area (Å²) in [5, 5.41) is 0. The molecule has 0 saturated carbocycles. The first-order valence-corrected chi connectivity index (χ1v) is 3.21. The van der Waals surface area contributed by atoms with Crippen molar-refractivity contribution in [3.63, 3.8) is 0 Å². The monoisotopic (exact) mass is 210 g/mol. The van der Waals surface area contributed by atoms with Crippen LogP contribution in [0.2, 0.25) is 0 Å². The minimum absolute atomic E-state index is 1.57. The molecule has 2 nitrogen and oxygen atoms in total. The summed E-state index contributed by atoms with van der Waals surface area (Å²) in [4.78, 5) is 8.46. The molecule has 0 heterocycles. The molecule has 0 saturated heterocycles. The first-order chi connectivity index (χ1) is 4.89. The van der Waals surface area contributed by atoms with Crippen molar-refractivity contribution in [3.8, 4) is 0 Å². The van der Waals surface area contributed by atoms with Crippen molar-refractivity contribution >= 4 is 29.2 Å². The summed E-state index contributed by atoms with van der Waals surface area (Å²) in [6.45, 7) is -2.10. The molecule has 0 bridgehead atoms. The van der Waals surface area contributed by atoms with Crippen LogP contribution in [0, 0.1) is 0 Å². The quantitative estimate of drug-likeness (QED) is 0.526. The SMILES string of the molecule is O=C(OC(F)(F)CF)C(Cl)Cl. The summed E-state index contributed by atoms with van der Waals surface area (Å²) in [7, 11) is 0. The van der Waals surface area contributed by atoms with Gasteiger partial charge in [-0.05, 0) is 0 Å². The maximum Gasteiger partial charge on any atom is 0.429 e. The van der Waals surface area contributed by atoms with E-state index in [1.165, 1.54) is 0 Å². The molecule has 66 valence electrons. The van der Waals surface area contributed by atoms with E-state index in [0.717, 1.165) is 0 Å². The second kappa shape index (κ2) is 4.01. The highest BCUT2D eigenvalue weighted by Crippen LogP contribution is 2.18. The number of hydrogen-bond donors (Lipinski definition) is 0. The Hall–Kier alpha value is -0.160. The van der Waals surface area contributed by atoms with Gasteiger partial charge in [-0.2, -0.15) is 8.78 Å². The summed E-state index contributed by atoms with van der Waals surface area (Å²) in [5.41, 5.74) is 0. The molecule has 0 spiro atoms. The van der Waals surface area contributed by atoms with Gasteiger partial charge in [0.25, 0.3) is 0 Å². The number of alkyl halides is 5. The van der Waals surface area contributed by atoms with Crippen LogP contribution in [0.3, 0.4) is 0 Å². The molecule has 7 heteroatoms. The lowest BCUT2D eigenvalue weighted by atomic mass is 10.7. The predicted octanol–water partition coefficient (Wildman–Crippen LogP) is 1.90. The van der Waals surface area contributed by atoms with E-state index in [1.807, 2.05) is 0 Å². The average molecular weight is 211 g/mol. The van der Waals surface area contributed by atoms with Crippen molar-refractivity contribution in [1.82, 2.24) is 0 Å².